The Morgan fingerprint density at radius 2 is 1.61 bits per heavy atom. The Bertz CT molecular complexity index is 797. The lowest BCUT2D eigenvalue weighted by molar-refractivity contribution is -0.117. The van der Waals surface area contributed by atoms with E-state index in [0.717, 1.165) is 18.7 Å². The second-order valence-corrected chi connectivity index (χ2v) is 7.90. The SMILES string of the molecule is C[C@@H]1C[C@H](C)CN(CC(=O)Nc2ccccc2C(=O)NCc2ccccc2)C1. The molecular formula is C23H29N3O2. The van der Waals surface area contributed by atoms with Gasteiger partial charge < -0.3 is 10.6 Å². The summed E-state index contributed by atoms with van der Waals surface area (Å²) >= 11 is 0. The van der Waals surface area contributed by atoms with Crippen molar-refractivity contribution in [2.24, 2.45) is 11.8 Å². The maximum atomic E-state index is 12.6. The van der Waals surface area contributed by atoms with Crippen LogP contribution in [0.15, 0.2) is 54.6 Å². The first kappa shape index (κ1) is 20.1. The minimum Gasteiger partial charge on any atom is -0.348 e. The third-order valence-corrected chi connectivity index (χ3v) is 5.05. The number of nitrogens with zero attached hydrogens (tertiary/aromatic N) is 1. The first-order valence-corrected chi connectivity index (χ1v) is 9.94. The van der Waals surface area contributed by atoms with Crippen LogP contribution in [0.5, 0.6) is 0 Å². The van der Waals surface area contributed by atoms with E-state index in [-0.39, 0.29) is 11.8 Å². The number of carbonyl (C=O) groups excluding carboxylic acids is 2. The van der Waals surface area contributed by atoms with Crippen LogP contribution in [0.2, 0.25) is 0 Å². The summed E-state index contributed by atoms with van der Waals surface area (Å²) in [5.74, 6) is 0.935. The zero-order chi connectivity index (χ0) is 19.9. The van der Waals surface area contributed by atoms with E-state index < -0.39 is 0 Å². The largest absolute Gasteiger partial charge is 0.348 e. The molecule has 0 bridgehead atoms. The van der Waals surface area contributed by atoms with Crippen molar-refractivity contribution >= 4 is 17.5 Å². The van der Waals surface area contributed by atoms with Gasteiger partial charge in [-0.25, -0.2) is 0 Å². The summed E-state index contributed by atoms with van der Waals surface area (Å²) < 4.78 is 0. The molecule has 0 saturated carbocycles. The van der Waals surface area contributed by atoms with Gasteiger partial charge in [0.25, 0.3) is 5.91 Å². The smallest absolute Gasteiger partial charge is 0.253 e. The molecule has 1 fully saturated rings. The molecule has 0 unspecified atom stereocenters. The first-order valence-electron chi connectivity index (χ1n) is 9.94. The molecule has 2 N–H and O–H groups in total. The molecule has 148 valence electrons. The van der Waals surface area contributed by atoms with E-state index in [4.69, 9.17) is 0 Å². The summed E-state index contributed by atoms with van der Waals surface area (Å²) in [6.45, 7) is 7.15. The van der Waals surface area contributed by atoms with Gasteiger partial charge in [0.1, 0.15) is 0 Å². The molecule has 5 nitrogen and oxygen atoms in total. The lowest BCUT2D eigenvalue weighted by atomic mass is 9.92. The number of carbonyl (C=O) groups is 2. The van der Waals surface area contributed by atoms with Gasteiger partial charge in [-0.15, -0.1) is 0 Å². The molecule has 3 rings (SSSR count). The van der Waals surface area contributed by atoms with Crippen LogP contribution in [0.4, 0.5) is 5.69 Å². The maximum Gasteiger partial charge on any atom is 0.253 e. The van der Waals surface area contributed by atoms with Crippen LogP contribution in [-0.2, 0) is 11.3 Å². The van der Waals surface area contributed by atoms with Crippen molar-refractivity contribution in [1.29, 1.82) is 0 Å². The fraction of sp³-hybridized carbons (Fsp3) is 0.391. The minimum absolute atomic E-state index is 0.0791. The fourth-order valence-electron chi connectivity index (χ4n) is 3.98. The molecule has 1 aliphatic heterocycles. The number of para-hydroxylation sites is 1. The molecule has 2 aromatic rings. The second kappa shape index (κ2) is 9.51. The molecule has 1 heterocycles. The number of hydrogen-bond acceptors (Lipinski definition) is 3. The fourth-order valence-corrected chi connectivity index (χ4v) is 3.98. The maximum absolute atomic E-state index is 12.6. The zero-order valence-electron chi connectivity index (χ0n) is 16.7. The molecule has 0 spiro atoms. The molecule has 0 aliphatic carbocycles. The molecule has 1 aliphatic rings. The zero-order valence-corrected chi connectivity index (χ0v) is 16.7. The van der Waals surface area contributed by atoms with E-state index in [1.165, 1.54) is 6.42 Å². The molecule has 5 heteroatoms. The van der Waals surface area contributed by atoms with Gasteiger partial charge in [0.05, 0.1) is 17.8 Å². The molecule has 2 atom stereocenters. The number of likely N-dealkylation sites (tertiary alicyclic amines) is 1. The second-order valence-electron chi connectivity index (χ2n) is 7.90. The van der Waals surface area contributed by atoms with Crippen LogP contribution < -0.4 is 10.6 Å². The van der Waals surface area contributed by atoms with Crippen molar-refractivity contribution in [1.82, 2.24) is 10.2 Å². The number of rotatable bonds is 6. The number of hydrogen-bond donors (Lipinski definition) is 2. The summed E-state index contributed by atoms with van der Waals surface area (Å²) in [4.78, 5) is 27.4. The number of anilines is 1. The highest BCUT2D eigenvalue weighted by Crippen LogP contribution is 2.21. The van der Waals surface area contributed by atoms with Crippen LogP contribution in [0.1, 0.15) is 36.2 Å². The van der Waals surface area contributed by atoms with Crippen LogP contribution in [0, 0.1) is 11.8 Å². The van der Waals surface area contributed by atoms with E-state index in [2.05, 4.69) is 29.4 Å². The van der Waals surface area contributed by atoms with Crippen LogP contribution >= 0.6 is 0 Å². The lowest BCUT2D eigenvalue weighted by Crippen LogP contribution is -2.43. The summed E-state index contributed by atoms with van der Waals surface area (Å²) in [5.41, 5.74) is 2.06. The number of nitrogens with one attached hydrogen (secondary N) is 2. The van der Waals surface area contributed by atoms with Gasteiger partial charge >= 0.3 is 0 Å². The quantitative estimate of drug-likeness (QED) is 0.807. The van der Waals surface area contributed by atoms with Gasteiger partial charge in [-0.1, -0.05) is 56.3 Å². The molecule has 2 aromatic carbocycles. The average molecular weight is 380 g/mol. The highest BCUT2D eigenvalue weighted by Gasteiger charge is 2.23. The summed E-state index contributed by atoms with van der Waals surface area (Å²) in [5, 5.41) is 5.85. The Morgan fingerprint density at radius 3 is 2.32 bits per heavy atom. The summed E-state index contributed by atoms with van der Waals surface area (Å²) in [6.07, 6.45) is 1.21. The Kier molecular flexibility index (Phi) is 6.82. The van der Waals surface area contributed by atoms with Crippen molar-refractivity contribution in [3.63, 3.8) is 0 Å². The van der Waals surface area contributed by atoms with Gasteiger partial charge in [-0.3, -0.25) is 14.5 Å². The Balaban J connectivity index is 1.60. The predicted molar refractivity (Wildman–Crippen MR) is 112 cm³/mol. The normalized spacial score (nSPS) is 19.8. The Hall–Kier alpha value is -2.66. The van der Waals surface area contributed by atoms with Gasteiger partial charge in [-0.05, 0) is 36.0 Å². The number of piperidine rings is 1. The third kappa shape index (κ3) is 5.67. The van der Waals surface area contributed by atoms with Gasteiger partial charge in [0.2, 0.25) is 5.91 Å². The lowest BCUT2D eigenvalue weighted by Gasteiger charge is -2.34. The molecular weight excluding hydrogens is 350 g/mol. The van der Waals surface area contributed by atoms with E-state index in [9.17, 15) is 9.59 Å². The van der Waals surface area contributed by atoms with E-state index in [1.54, 1.807) is 18.2 Å². The van der Waals surface area contributed by atoms with Crippen LogP contribution in [-0.4, -0.2) is 36.3 Å². The topological polar surface area (TPSA) is 61.4 Å². The van der Waals surface area contributed by atoms with Gasteiger partial charge in [0.15, 0.2) is 0 Å². The van der Waals surface area contributed by atoms with Gasteiger partial charge in [-0.2, -0.15) is 0 Å². The Labute approximate surface area is 167 Å². The van der Waals surface area contributed by atoms with Crippen molar-refractivity contribution in [2.75, 3.05) is 25.0 Å². The van der Waals surface area contributed by atoms with E-state index in [1.807, 2.05) is 36.4 Å². The third-order valence-electron chi connectivity index (χ3n) is 5.05. The Morgan fingerprint density at radius 1 is 0.964 bits per heavy atom. The molecule has 28 heavy (non-hydrogen) atoms. The van der Waals surface area contributed by atoms with Crippen LogP contribution in [0.25, 0.3) is 0 Å². The average Bonchev–Trinajstić information content (AvgIpc) is 2.66. The van der Waals surface area contributed by atoms with Crippen molar-refractivity contribution in [3.05, 3.63) is 65.7 Å². The highest BCUT2D eigenvalue weighted by molar-refractivity contribution is 6.04. The monoisotopic (exact) mass is 379 g/mol. The van der Waals surface area contributed by atoms with Crippen molar-refractivity contribution < 1.29 is 9.59 Å². The molecule has 0 aromatic heterocycles. The minimum atomic E-state index is -0.194. The highest BCUT2D eigenvalue weighted by atomic mass is 16.2. The van der Waals surface area contributed by atoms with E-state index in [0.29, 0.717) is 36.2 Å². The molecule has 0 radical (unpaired) electrons. The standard InChI is InChI=1S/C23H29N3O2/c1-17-12-18(2)15-26(14-17)16-22(27)25-21-11-7-6-10-20(21)23(28)24-13-19-8-4-3-5-9-19/h3-11,17-18H,12-16H2,1-2H3,(H,24,28)(H,25,27)/t17-,18+. The predicted octanol–water partition coefficient (Wildman–Crippen LogP) is 3.53. The summed E-state index contributed by atoms with van der Waals surface area (Å²) in [6, 6.07) is 16.9. The van der Waals surface area contributed by atoms with E-state index >= 15 is 0 Å². The van der Waals surface area contributed by atoms with Crippen molar-refractivity contribution in [2.45, 2.75) is 26.8 Å². The summed E-state index contributed by atoms with van der Waals surface area (Å²) in [7, 11) is 0. The van der Waals surface area contributed by atoms with Crippen molar-refractivity contribution in [3.8, 4) is 0 Å². The number of benzene rings is 2. The first-order chi connectivity index (χ1) is 13.5. The molecule has 2 amide bonds. The van der Waals surface area contributed by atoms with Gasteiger partial charge in [0, 0.05) is 19.6 Å². The number of amides is 2. The molecule has 1 saturated heterocycles. The van der Waals surface area contributed by atoms with Crippen LogP contribution in [0.3, 0.4) is 0 Å².